The highest BCUT2D eigenvalue weighted by Gasteiger charge is 2.09. The van der Waals surface area contributed by atoms with Gasteiger partial charge < -0.3 is 10.5 Å². The van der Waals surface area contributed by atoms with E-state index in [0.717, 1.165) is 21.8 Å². The number of fused-ring (bicyclic) bond motifs is 1. The number of hydrogen-bond acceptors (Lipinski definition) is 4. The molecule has 0 fully saturated rings. The van der Waals surface area contributed by atoms with Gasteiger partial charge in [-0.1, -0.05) is 0 Å². The van der Waals surface area contributed by atoms with Gasteiger partial charge in [-0.3, -0.25) is 4.40 Å². The second-order valence-electron chi connectivity index (χ2n) is 4.60. The third-order valence-corrected chi connectivity index (χ3v) is 3.68. The van der Waals surface area contributed by atoms with Gasteiger partial charge in [-0.05, 0) is 43.7 Å². The van der Waals surface area contributed by atoms with Crippen molar-refractivity contribution in [2.45, 2.75) is 20.0 Å². The Morgan fingerprint density at radius 3 is 2.68 bits per heavy atom. The standard InChI is InChI=1S/C14H15N3OS/c1-9(2)18-11-5-3-10(4-6-11)12-8-19-13-7-16-14(15)17(12)13/h3-9H,1-2H3,(H2,15,16). The fraction of sp³-hybridized carbons (Fsp3) is 0.214. The Kier molecular flexibility index (Phi) is 2.91. The highest BCUT2D eigenvalue weighted by Crippen LogP contribution is 2.29. The van der Waals surface area contributed by atoms with Crippen LogP contribution in [0.4, 0.5) is 5.95 Å². The highest BCUT2D eigenvalue weighted by atomic mass is 32.1. The molecule has 5 heteroatoms. The molecular weight excluding hydrogens is 258 g/mol. The van der Waals surface area contributed by atoms with E-state index < -0.39 is 0 Å². The normalized spacial score (nSPS) is 11.3. The van der Waals surface area contributed by atoms with Crippen molar-refractivity contribution >= 4 is 22.1 Å². The first kappa shape index (κ1) is 12.0. The Morgan fingerprint density at radius 1 is 1.26 bits per heavy atom. The summed E-state index contributed by atoms with van der Waals surface area (Å²) in [6, 6.07) is 8.04. The smallest absolute Gasteiger partial charge is 0.206 e. The number of thiazole rings is 1. The average molecular weight is 273 g/mol. The molecule has 0 atom stereocenters. The van der Waals surface area contributed by atoms with Crippen LogP contribution in [-0.2, 0) is 0 Å². The maximum Gasteiger partial charge on any atom is 0.206 e. The van der Waals surface area contributed by atoms with Gasteiger partial charge >= 0.3 is 0 Å². The molecule has 98 valence electrons. The molecule has 0 aliphatic heterocycles. The molecule has 0 aliphatic carbocycles. The van der Waals surface area contributed by atoms with Gasteiger partial charge in [0.15, 0.2) is 0 Å². The lowest BCUT2D eigenvalue weighted by atomic mass is 10.1. The zero-order valence-corrected chi connectivity index (χ0v) is 11.6. The predicted molar refractivity (Wildman–Crippen MR) is 78.7 cm³/mol. The van der Waals surface area contributed by atoms with Crippen molar-refractivity contribution in [3.63, 3.8) is 0 Å². The van der Waals surface area contributed by atoms with Crippen LogP contribution in [-0.4, -0.2) is 15.5 Å². The van der Waals surface area contributed by atoms with Crippen molar-refractivity contribution < 1.29 is 4.74 Å². The van der Waals surface area contributed by atoms with E-state index in [0.29, 0.717) is 5.95 Å². The Bertz CT molecular complexity index is 697. The number of benzene rings is 1. The minimum atomic E-state index is 0.183. The molecule has 2 aromatic heterocycles. The molecule has 0 spiro atoms. The molecule has 0 unspecified atom stereocenters. The molecule has 1 aromatic carbocycles. The number of aromatic nitrogens is 2. The van der Waals surface area contributed by atoms with Gasteiger partial charge in [-0.25, -0.2) is 4.98 Å². The number of rotatable bonds is 3. The molecule has 3 rings (SSSR count). The van der Waals surface area contributed by atoms with Gasteiger partial charge in [-0.15, -0.1) is 11.3 Å². The number of hydrogen-bond donors (Lipinski definition) is 1. The lowest BCUT2D eigenvalue weighted by molar-refractivity contribution is 0.242. The monoisotopic (exact) mass is 273 g/mol. The molecule has 0 bridgehead atoms. The summed E-state index contributed by atoms with van der Waals surface area (Å²) in [6.45, 7) is 4.03. The average Bonchev–Trinajstić information content (AvgIpc) is 2.94. The van der Waals surface area contributed by atoms with Crippen molar-refractivity contribution in [2.24, 2.45) is 0 Å². The minimum absolute atomic E-state index is 0.183. The van der Waals surface area contributed by atoms with Crippen LogP contribution in [0.25, 0.3) is 16.1 Å². The molecule has 2 N–H and O–H groups in total. The molecule has 0 saturated heterocycles. The summed E-state index contributed by atoms with van der Waals surface area (Å²) in [5, 5.41) is 2.09. The van der Waals surface area contributed by atoms with Crippen LogP contribution in [0.3, 0.4) is 0 Å². The van der Waals surface area contributed by atoms with Crippen molar-refractivity contribution in [1.29, 1.82) is 0 Å². The van der Waals surface area contributed by atoms with Crippen LogP contribution in [0.5, 0.6) is 5.75 Å². The van der Waals surface area contributed by atoms with Crippen molar-refractivity contribution in [1.82, 2.24) is 9.38 Å². The third kappa shape index (κ3) is 2.17. The Balaban J connectivity index is 2.00. The summed E-state index contributed by atoms with van der Waals surface area (Å²) in [7, 11) is 0. The number of nitrogens with two attached hydrogens (primary N) is 1. The van der Waals surface area contributed by atoms with Crippen molar-refractivity contribution in [3.05, 3.63) is 35.8 Å². The highest BCUT2D eigenvalue weighted by molar-refractivity contribution is 7.16. The Morgan fingerprint density at radius 2 is 2.00 bits per heavy atom. The van der Waals surface area contributed by atoms with Crippen LogP contribution >= 0.6 is 11.3 Å². The largest absolute Gasteiger partial charge is 0.491 e. The van der Waals surface area contributed by atoms with Crippen molar-refractivity contribution in [2.75, 3.05) is 5.73 Å². The van der Waals surface area contributed by atoms with E-state index in [1.54, 1.807) is 17.5 Å². The molecule has 0 amide bonds. The summed E-state index contributed by atoms with van der Waals surface area (Å²) in [6.07, 6.45) is 1.97. The van der Waals surface area contributed by atoms with E-state index in [4.69, 9.17) is 10.5 Å². The fourth-order valence-electron chi connectivity index (χ4n) is 2.02. The van der Waals surface area contributed by atoms with Gasteiger partial charge in [0.05, 0.1) is 18.0 Å². The van der Waals surface area contributed by atoms with Crippen LogP contribution in [0.2, 0.25) is 0 Å². The van der Waals surface area contributed by atoms with Crippen LogP contribution in [0, 0.1) is 0 Å². The van der Waals surface area contributed by atoms with Crippen molar-refractivity contribution in [3.8, 4) is 17.0 Å². The second kappa shape index (κ2) is 4.59. The van der Waals surface area contributed by atoms with Gasteiger partial charge in [0.2, 0.25) is 5.95 Å². The van der Waals surface area contributed by atoms with Gasteiger partial charge in [0.1, 0.15) is 10.6 Å². The summed E-state index contributed by atoms with van der Waals surface area (Å²) >= 11 is 1.63. The molecule has 0 radical (unpaired) electrons. The van der Waals surface area contributed by atoms with Crippen LogP contribution in [0.15, 0.2) is 35.8 Å². The number of nitrogens with zero attached hydrogens (tertiary/aromatic N) is 2. The third-order valence-electron chi connectivity index (χ3n) is 2.81. The first-order valence-electron chi connectivity index (χ1n) is 6.12. The number of imidazole rings is 1. The molecule has 0 saturated carbocycles. The van der Waals surface area contributed by atoms with Crippen LogP contribution in [0.1, 0.15) is 13.8 Å². The van der Waals surface area contributed by atoms with Crippen LogP contribution < -0.4 is 10.5 Å². The molecule has 2 heterocycles. The van der Waals surface area contributed by atoms with E-state index >= 15 is 0 Å². The van der Waals surface area contributed by atoms with Gasteiger partial charge in [0, 0.05) is 5.38 Å². The molecule has 0 aliphatic rings. The lowest BCUT2D eigenvalue weighted by Gasteiger charge is -2.10. The molecule has 4 nitrogen and oxygen atoms in total. The summed E-state index contributed by atoms with van der Waals surface area (Å²) in [4.78, 5) is 5.18. The van der Waals surface area contributed by atoms with E-state index in [1.807, 2.05) is 42.5 Å². The maximum absolute atomic E-state index is 5.89. The number of ether oxygens (including phenoxy) is 1. The minimum Gasteiger partial charge on any atom is -0.491 e. The second-order valence-corrected chi connectivity index (χ2v) is 5.49. The lowest BCUT2D eigenvalue weighted by Crippen LogP contribution is -2.05. The van der Waals surface area contributed by atoms with Gasteiger partial charge in [0.25, 0.3) is 0 Å². The molecule has 3 aromatic rings. The van der Waals surface area contributed by atoms with Gasteiger partial charge in [-0.2, -0.15) is 0 Å². The first-order valence-corrected chi connectivity index (χ1v) is 7.00. The molecule has 19 heavy (non-hydrogen) atoms. The maximum atomic E-state index is 5.89. The number of anilines is 1. The summed E-state index contributed by atoms with van der Waals surface area (Å²) < 4.78 is 7.60. The SMILES string of the molecule is CC(C)Oc1ccc(-c2csc3cnc(N)n23)cc1. The van der Waals surface area contributed by atoms with E-state index in [-0.39, 0.29) is 6.10 Å². The fourth-order valence-corrected chi connectivity index (χ4v) is 2.90. The summed E-state index contributed by atoms with van der Waals surface area (Å²) in [5.41, 5.74) is 8.05. The quantitative estimate of drug-likeness (QED) is 0.795. The Hall–Kier alpha value is -2.01. The topological polar surface area (TPSA) is 52.5 Å². The molecular formula is C14H15N3OS. The Labute approximate surface area is 115 Å². The summed E-state index contributed by atoms with van der Waals surface area (Å²) in [5.74, 6) is 1.40. The predicted octanol–water partition coefficient (Wildman–Crippen LogP) is 3.43. The van der Waals surface area contributed by atoms with E-state index in [9.17, 15) is 0 Å². The first-order chi connectivity index (χ1) is 9.15. The zero-order chi connectivity index (χ0) is 13.4. The van der Waals surface area contributed by atoms with E-state index in [1.165, 1.54) is 0 Å². The van der Waals surface area contributed by atoms with E-state index in [2.05, 4.69) is 10.4 Å². The zero-order valence-electron chi connectivity index (χ0n) is 10.8. The number of nitrogen functional groups attached to an aromatic ring is 1.